The number of nitrogens with zero attached hydrogens (tertiary/aromatic N) is 2. The zero-order chi connectivity index (χ0) is 11.4. The van der Waals surface area contributed by atoms with Gasteiger partial charge in [0.1, 0.15) is 6.67 Å². The van der Waals surface area contributed by atoms with Crippen molar-refractivity contribution in [3.8, 4) is 0 Å². The molecule has 1 aliphatic rings. The van der Waals surface area contributed by atoms with Crippen molar-refractivity contribution in [1.29, 1.82) is 0 Å². The van der Waals surface area contributed by atoms with Crippen LogP contribution in [0.3, 0.4) is 0 Å². The second kappa shape index (κ2) is 5.16. The third-order valence-corrected chi connectivity index (χ3v) is 3.03. The van der Waals surface area contributed by atoms with E-state index in [1.807, 2.05) is 24.3 Å². The van der Waals surface area contributed by atoms with Gasteiger partial charge >= 0.3 is 0 Å². The van der Waals surface area contributed by atoms with Gasteiger partial charge in [-0.3, -0.25) is 4.90 Å². The van der Waals surface area contributed by atoms with Crippen molar-refractivity contribution in [3.05, 3.63) is 24.3 Å². The van der Waals surface area contributed by atoms with Gasteiger partial charge < -0.3 is 10.6 Å². The van der Waals surface area contributed by atoms with Crippen LogP contribution in [-0.2, 0) is 0 Å². The van der Waals surface area contributed by atoms with Crippen LogP contribution in [-0.4, -0.2) is 44.3 Å². The van der Waals surface area contributed by atoms with E-state index in [0.717, 1.165) is 31.9 Å². The summed E-state index contributed by atoms with van der Waals surface area (Å²) in [6.07, 6.45) is 0. The highest BCUT2D eigenvalue weighted by molar-refractivity contribution is 5.53. The van der Waals surface area contributed by atoms with Crippen molar-refractivity contribution in [2.24, 2.45) is 0 Å². The quantitative estimate of drug-likeness (QED) is 0.785. The number of nitrogen functional groups attached to an aromatic ring is 1. The van der Waals surface area contributed by atoms with Gasteiger partial charge in [-0.1, -0.05) is 0 Å². The Kier molecular flexibility index (Phi) is 3.62. The van der Waals surface area contributed by atoms with Gasteiger partial charge in [-0.15, -0.1) is 0 Å². The molecule has 1 aromatic rings. The maximum absolute atomic E-state index is 12.2. The van der Waals surface area contributed by atoms with E-state index in [4.69, 9.17) is 5.73 Å². The molecule has 4 heteroatoms. The number of hydrogen-bond acceptors (Lipinski definition) is 3. The summed E-state index contributed by atoms with van der Waals surface area (Å²) < 4.78 is 12.2. The fourth-order valence-electron chi connectivity index (χ4n) is 2.03. The highest BCUT2D eigenvalue weighted by atomic mass is 19.1. The number of halogens is 1. The molecule has 88 valence electrons. The standard InChI is InChI=1S/C12H18FN3/c13-5-6-15-7-9-16(10-8-15)12-3-1-11(14)2-4-12/h1-4H,5-10,14H2. The lowest BCUT2D eigenvalue weighted by Crippen LogP contribution is -2.47. The average Bonchev–Trinajstić information content (AvgIpc) is 2.32. The smallest absolute Gasteiger partial charge is 0.102 e. The first kappa shape index (κ1) is 11.2. The van der Waals surface area contributed by atoms with Crippen LogP contribution in [0.15, 0.2) is 24.3 Å². The molecule has 3 nitrogen and oxygen atoms in total. The van der Waals surface area contributed by atoms with E-state index in [9.17, 15) is 4.39 Å². The van der Waals surface area contributed by atoms with Crippen LogP contribution >= 0.6 is 0 Å². The second-order valence-corrected chi connectivity index (χ2v) is 4.11. The van der Waals surface area contributed by atoms with Crippen molar-refractivity contribution in [3.63, 3.8) is 0 Å². The molecule has 16 heavy (non-hydrogen) atoms. The van der Waals surface area contributed by atoms with E-state index in [1.165, 1.54) is 5.69 Å². The number of alkyl halides is 1. The van der Waals surface area contributed by atoms with E-state index in [2.05, 4.69) is 9.80 Å². The first-order chi connectivity index (χ1) is 7.79. The molecule has 1 aliphatic heterocycles. The minimum absolute atomic E-state index is 0.248. The predicted octanol–water partition coefficient (Wildman–Crippen LogP) is 1.36. The molecule has 0 spiro atoms. The Morgan fingerprint density at radius 2 is 1.69 bits per heavy atom. The first-order valence-electron chi connectivity index (χ1n) is 5.68. The number of hydrogen-bond donors (Lipinski definition) is 1. The normalized spacial score (nSPS) is 17.7. The molecule has 0 radical (unpaired) electrons. The fraction of sp³-hybridized carbons (Fsp3) is 0.500. The van der Waals surface area contributed by atoms with E-state index in [0.29, 0.717) is 6.54 Å². The van der Waals surface area contributed by atoms with E-state index in [-0.39, 0.29) is 6.67 Å². The van der Waals surface area contributed by atoms with Crippen LogP contribution < -0.4 is 10.6 Å². The van der Waals surface area contributed by atoms with Crippen LogP contribution in [0.2, 0.25) is 0 Å². The number of rotatable bonds is 3. The topological polar surface area (TPSA) is 32.5 Å². The van der Waals surface area contributed by atoms with Gasteiger partial charge in [-0.2, -0.15) is 0 Å². The highest BCUT2D eigenvalue weighted by Gasteiger charge is 2.16. The molecule has 0 aliphatic carbocycles. The summed E-state index contributed by atoms with van der Waals surface area (Å²) in [5, 5.41) is 0. The molecule has 2 rings (SSSR count). The zero-order valence-corrected chi connectivity index (χ0v) is 9.40. The third-order valence-electron chi connectivity index (χ3n) is 3.03. The minimum Gasteiger partial charge on any atom is -0.399 e. The van der Waals surface area contributed by atoms with Gasteiger partial charge in [0.05, 0.1) is 0 Å². The molecule has 1 saturated heterocycles. The Morgan fingerprint density at radius 1 is 1.06 bits per heavy atom. The van der Waals surface area contributed by atoms with Crippen molar-refractivity contribution in [2.75, 3.05) is 50.0 Å². The Balaban J connectivity index is 1.91. The largest absolute Gasteiger partial charge is 0.399 e. The summed E-state index contributed by atoms with van der Waals surface area (Å²) >= 11 is 0. The summed E-state index contributed by atoms with van der Waals surface area (Å²) in [4.78, 5) is 4.47. The lowest BCUT2D eigenvalue weighted by Gasteiger charge is -2.35. The van der Waals surface area contributed by atoms with Crippen molar-refractivity contribution < 1.29 is 4.39 Å². The summed E-state index contributed by atoms with van der Waals surface area (Å²) in [5.74, 6) is 0. The summed E-state index contributed by atoms with van der Waals surface area (Å²) in [7, 11) is 0. The summed E-state index contributed by atoms with van der Waals surface area (Å²) in [6.45, 7) is 4.12. The van der Waals surface area contributed by atoms with Crippen molar-refractivity contribution in [2.45, 2.75) is 0 Å². The maximum atomic E-state index is 12.2. The molecular formula is C12H18FN3. The van der Waals surface area contributed by atoms with E-state index in [1.54, 1.807) is 0 Å². The fourth-order valence-corrected chi connectivity index (χ4v) is 2.03. The molecule has 0 bridgehead atoms. The monoisotopic (exact) mass is 223 g/mol. The summed E-state index contributed by atoms with van der Waals surface area (Å²) in [5.41, 5.74) is 7.64. The number of nitrogens with two attached hydrogens (primary N) is 1. The van der Waals surface area contributed by atoms with Crippen LogP contribution in [0.5, 0.6) is 0 Å². The molecule has 1 heterocycles. The number of anilines is 2. The lowest BCUT2D eigenvalue weighted by molar-refractivity contribution is 0.235. The maximum Gasteiger partial charge on any atom is 0.102 e. The predicted molar refractivity (Wildman–Crippen MR) is 65.5 cm³/mol. The molecule has 1 fully saturated rings. The first-order valence-corrected chi connectivity index (χ1v) is 5.68. The Labute approximate surface area is 95.6 Å². The van der Waals surface area contributed by atoms with E-state index >= 15 is 0 Å². The Bertz CT molecular complexity index is 318. The van der Waals surface area contributed by atoms with Gasteiger partial charge in [0.15, 0.2) is 0 Å². The molecule has 0 amide bonds. The molecule has 0 unspecified atom stereocenters. The molecule has 2 N–H and O–H groups in total. The van der Waals surface area contributed by atoms with Crippen molar-refractivity contribution >= 4 is 11.4 Å². The van der Waals surface area contributed by atoms with Gasteiger partial charge in [-0.05, 0) is 24.3 Å². The third kappa shape index (κ3) is 2.64. The highest BCUT2D eigenvalue weighted by Crippen LogP contribution is 2.17. The molecule has 1 aromatic carbocycles. The number of benzene rings is 1. The Morgan fingerprint density at radius 3 is 2.25 bits per heavy atom. The van der Waals surface area contributed by atoms with Gasteiger partial charge in [0.2, 0.25) is 0 Å². The van der Waals surface area contributed by atoms with Crippen LogP contribution in [0.4, 0.5) is 15.8 Å². The summed E-state index contributed by atoms with van der Waals surface area (Å²) in [6, 6.07) is 7.92. The van der Waals surface area contributed by atoms with Gasteiger partial charge in [0, 0.05) is 44.1 Å². The molecular weight excluding hydrogens is 205 g/mol. The molecule has 0 aromatic heterocycles. The van der Waals surface area contributed by atoms with Crippen molar-refractivity contribution in [1.82, 2.24) is 4.90 Å². The molecule has 0 atom stereocenters. The van der Waals surface area contributed by atoms with Gasteiger partial charge in [-0.25, -0.2) is 4.39 Å². The Hall–Kier alpha value is -1.29. The SMILES string of the molecule is Nc1ccc(N2CCN(CCF)CC2)cc1. The molecule has 0 saturated carbocycles. The average molecular weight is 223 g/mol. The number of piperazine rings is 1. The second-order valence-electron chi connectivity index (χ2n) is 4.11. The van der Waals surface area contributed by atoms with Crippen LogP contribution in [0.1, 0.15) is 0 Å². The van der Waals surface area contributed by atoms with Crippen LogP contribution in [0, 0.1) is 0 Å². The van der Waals surface area contributed by atoms with E-state index < -0.39 is 0 Å². The lowest BCUT2D eigenvalue weighted by atomic mass is 10.2. The zero-order valence-electron chi connectivity index (χ0n) is 9.40. The van der Waals surface area contributed by atoms with Gasteiger partial charge in [0.25, 0.3) is 0 Å². The minimum atomic E-state index is -0.248. The van der Waals surface area contributed by atoms with Crippen LogP contribution in [0.25, 0.3) is 0 Å².